The van der Waals surface area contributed by atoms with E-state index in [0.29, 0.717) is 34.9 Å². The summed E-state index contributed by atoms with van der Waals surface area (Å²) in [5, 5.41) is 51.3. The highest BCUT2D eigenvalue weighted by Gasteiger charge is 2.38. The molecule has 11 amide bonds. The van der Waals surface area contributed by atoms with Crippen molar-refractivity contribution in [2.24, 2.45) is 89.1 Å². The van der Waals surface area contributed by atoms with Crippen LogP contribution < -0.4 is 116 Å². The highest BCUT2D eigenvalue weighted by atomic mass is 16.4. The third-order valence-corrected chi connectivity index (χ3v) is 17.9. The van der Waals surface area contributed by atoms with E-state index >= 15 is 0 Å². The van der Waals surface area contributed by atoms with Crippen molar-refractivity contribution in [3.8, 4) is 0 Å². The van der Waals surface area contributed by atoms with Crippen LogP contribution in [-0.2, 0) is 70.4 Å². The number of unbranched alkanes of at least 4 members (excludes halogenated alkanes) is 1. The molecule has 4 rings (SSSR count). The maximum atomic E-state index is 15.0. The summed E-state index contributed by atoms with van der Waals surface area (Å²) in [5.41, 5.74) is 58.4. The van der Waals surface area contributed by atoms with E-state index in [9.17, 15) is 67.7 Å². The third kappa shape index (κ3) is 31.6. The van der Waals surface area contributed by atoms with Gasteiger partial charge in [0.1, 0.15) is 66.5 Å². The maximum absolute atomic E-state index is 15.0. The van der Waals surface area contributed by atoms with Crippen molar-refractivity contribution in [3.63, 3.8) is 0 Å². The van der Waals surface area contributed by atoms with Crippen LogP contribution in [-0.4, -0.2) is 227 Å². The van der Waals surface area contributed by atoms with Crippen LogP contribution in [0.4, 0.5) is 0 Å². The van der Waals surface area contributed by atoms with E-state index in [1.807, 2.05) is 30.3 Å². The van der Waals surface area contributed by atoms with Crippen molar-refractivity contribution < 1.29 is 67.7 Å². The number of fused-ring (bicyclic) bond motifs is 2. The zero-order valence-electron chi connectivity index (χ0n) is 64.1. The van der Waals surface area contributed by atoms with Crippen molar-refractivity contribution in [1.29, 1.82) is 0 Å². The van der Waals surface area contributed by atoms with Gasteiger partial charge in [0.25, 0.3) is 0 Å². The maximum Gasteiger partial charge on any atom is 0.326 e. The fourth-order valence-corrected chi connectivity index (χ4v) is 11.8. The first-order chi connectivity index (χ1) is 53.0. The van der Waals surface area contributed by atoms with E-state index in [1.165, 1.54) is 13.8 Å². The molecule has 0 aliphatic rings. The number of hydrogen-bond acceptors (Lipinski definition) is 19. The number of aliphatic hydroxyl groups is 1. The highest BCUT2D eigenvalue weighted by molar-refractivity contribution is 6.00. The van der Waals surface area contributed by atoms with E-state index in [2.05, 4.69) is 88.4 Å². The van der Waals surface area contributed by atoms with Gasteiger partial charge in [0.15, 0.2) is 23.8 Å². The zero-order valence-corrected chi connectivity index (χ0v) is 64.1. The number of H-pyrrole nitrogens is 2. The molecule has 2 aromatic heterocycles. The number of hydrogen-bond donors (Lipinski definition) is 25. The number of nitrogens with one attached hydrogen (secondary N) is 13. The van der Waals surface area contributed by atoms with Crippen molar-refractivity contribution in [3.05, 3.63) is 72.1 Å². The molecule has 41 heteroatoms. The smallest absolute Gasteiger partial charge is 0.326 e. The van der Waals surface area contributed by atoms with Crippen LogP contribution in [0.5, 0.6) is 0 Å². The van der Waals surface area contributed by atoms with Gasteiger partial charge in [-0.3, -0.25) is 72.7 Å². The van der Waals surface area contributed by atoms with E-state index in [0.717, 1.165) is 10.9 Å². The summed E-state index contributed by atoms with van der Waals surface area (Å²) in [6.07, 6.45) is 1.97. The number of carboxylic acid groups (broad SMARTS) is 1. The molecule has 0 saturated heterocycles. The van der Waals surface area contributed by atoms with Crippen molar-refractivity contribution in [2.45, 2.75) is 198 Å². The predicted octanol–water partition coefficient (Wildman–Crippen LogP) is -6.13. The van der Waals surface area contributed by atoms with Gasteiger partial charge in [-0.15, -0.1) is 0 Å². The monoisotopic (exact) mass is 1570 g/mol. The number of aliphatic carboxylic acids is 1. The minimum absolute atomic E-state index is 0.0170. The number of guanidine groups is 4. The highest BCUT2D eigenvalue weighted by Crippen LogP contribution is 2.22. The molecule has 35 N–H and O–H groups in total. The van der Waals surface area contributed by atoms with E-state index in [-0.39, 0.29) is 127 Å². The second kappa shape index (κ2) is 47.2. The largest absolute Gasteiger partial charge is 0.480 e. The molecule has 0 bridgehead atoms. The first-order valence-electron chi connectivity index (χ1n) is 37.0. The van der Waals surface area contributed by atoms with Crippen molar-refractivity contribution >= 4 is 117 Å². The number of nitrogens with zero attached hydrogens (tertiary/aromatic N) is 4. The number of carbonyl (C=O) groups excluding carboxylic acids is 11. The van der Waals surface area contributed by atoms with Crippen LogP contribution in [0.1, 0.15) is 123 Å². The summed E-state index contributed by atoms with van der Waals surface area (Å²) < 4.78 is 0. The number of nitrogens with two attached hydrogens (primary N) is 10. The molecule has 12 atom stereocenters. The van der Waals surface area contributed by atoms with Gasteiger partial charge < -0.3 is 136 Å². The van der Waals surface area contributed by atoms with Gasteiger partial charge in [0.05, 0.1) is 12.6 Å². The average Bonchev–Trinajstić information content (AvgIpc) is 1.65. The Kier molecular flexibility index (Phi) is 39.0. The fourth-order valence-electron chi connectivity index (χ4n) is 11.8. The van der Waals surface area contributed by atoms with Gasteiger partial charge in [0, 0.05) is 73.2 Å². The number of aliphatic imine (C=N–C) groups is 4. The van der Waals surface area contributed by atoms with Gasteiger partial charge in [-0.25, -0.2) is 4.79 Å². The Morgan fingerprint density at radius 2 is 0.688 bits per heavy atom. The number of carbonyl (C=O) groups is 12. The standard InChI is InChI=1S/C71H115N27O14/c1-36(2)54(64(108)88-38(5)57(101)90-46(21-11-12-26-72)60(104)96-55(37(3)4)65(109)93-48(23-14-28-83-69(76)77)59(103)94-50(67(111)112)25-16-30-85-71(80)81)97-66(110)56(39(6)99)98-61(105)49(24-15-29-84-70(78)79)91-58(102)47(22-13-27-82-68(74)75)92-63(107)52(32-41-35-87-45-20-10-8-18-43(41)45)95-62(106)51(89-53(100)33-73)31-40-34-86-44-19-9-7-17-42(40)44/h7-10,17-20,34-39,46-52,54-56,86-87,99H,11-16,21-33,72-73H2,1-6H3,(H,88,108)(H,89,100)(H,90,101)(H,91,102)(H,92,107)(H,93,109)(H,94,103)(H,95,106)(H,96,104)(H,97,110)(H,98,105)(H,111,112)(H4,74,75,82)(H4,76,77,83)(H4,78,79,84)(H4,80,81,85)/t38-,39+,46-,47-,48-,49-,50-,51-,52-,54-,55-,56-/m0/s1. The molecule has 112 heavy (non-hydrogen) atoms. The van der Waals surface area contributed by atoms with E-state index in [1.54, 1.807) is 58.3 Å². The number of para-hydroxylation sites is 2. The Morgan fingerprint density at radius 1 is 0.375 bits per heavy atom. The molecule has 41 nitrogen and oxygen atoms in total. The zero-order chi connectivity index (χ0) is 83.3. The minimum atomic E-state index is -1.84. The van der Waals surface area contributed by atoms with Crippen LogP contribution in [0, 0.1) is 11.8 Å². The Labute approximate surface area is 648 Å². The molecule has 0 aliphatic carbocycles. The molecule has 0 aliphatic heterocycles. The fraction of sp³-hybridized carbons (Fsp3) is 0.549. The van der Waals surface area contributed by atoms with Crippen LogP contribution in [0.25, 0.3) is 21.8 Å². The normalized spacial score (nSPS) is 14.4. The first-order valence-corrected chi connectivity index (χ1v) is 37.0. The molecule has 0 fully saturated rings. The minimum Gasteiger partial charge on any atom is -0.480 e. The Morgan fingerprint density at radius 3 is 1.07 bits per heavy atom. The molecule has 0 saturated carbocycles. The number of aliphatic hydroxyl groups excluding tert-OH is 1. The molecule has 2 heterocycles. The van der Waals surface area contributed by atoms with Crippen LogP contribution in [0.2, 0.25) is 0 Å². The Bertz CT molecular complexity index is 3930. The second-order valence-corrected chi connectivity index (χ2v) is 27.7. The summed E-state index contributed by atoms with van der Waals surface area (Å²) in [7, 11) is 0. The second-order valence-electron chi connectivity index (χ2n) is 27.7. The van der Waals surface area contributed by atoms with Crippen LogP contribution >= 0.6 is 0 Å². The summed E-state index contributed by atoms with van der Waals surface area (Å²) in [6, 6.07) is -1.54. The summed E-state index contributed by atoms with van der Waals surface area (Å²) >= 11 is 0. The van der Waals surface area contributed by atoms with E-state index in [4.69, 9.17) is 57.3 Å². The number of aromatic amines is 2. The summed E-state index contributed by atoms with van der Waals surface area (Å²) in [6.45, 7) is 8.52. The Hall–Kier alpha value is -11.9. The average molecular weight is 1570 g/mol. The lowest BCUT2D eigenvalue weighted by Gasteiger charge is -2.30. The third-order valence-electron chi connectivity index (χ3n) is 17.9. The van der Waals surface area contributed by atoms with E-state index < -0.39 is 162 Å². The predicted molar refractivity (Wildman–Crippen MR) is 422 cm³/mol. The molecule has 4 aromatic rings. The summed E-state index contributed by atoms with van der Waals surface area (Å²) in [4.78, 5) is 191. The molecular formula is C71H115N27O14. The number of benzene rings is 2. The van der Waals surface area contributed by atoms with Crippen LogP contribution in [0.3, 0.4) is 0 Å². The number of aromatic nitrogens is 2. The van der Waals surface area contributed by atoms with Gasteiger partial charge in [0.2, 0.25) is 65.0 Å². The van der Waals surface area contributed by atoms with Gasteiger partial charge in [-0.05, 0) is 126 Å². The molecule has 2 aromatic carbocycles. The molecule has 0 radical (unpaired) electrons. The number of amides is 11. The molecule has 618 valence electrons. The first kappa shape index (κ1) is 92.5. The molecule has 0 spiro atoms. The SMILES string of the molecule is CC(C)[C@H](NC(=O)[C@H](CCCCN)NC(=O)[C@H](C)NC(=O)[C@@H](NC(=O)[C@@H](NC(=O)[C@H](CCCN=C(N)N)NC(=O)[C@H](CCCN=C(N)N)NC(=O)[C@H](Cc1c[nH]c2ccccc12)NC(=O)[C@H](Cc1c[nH]c2ccccc12)NC(=O)CN)[C@@H](C)O)C(C)C)C(=O)N[C@@H](CCCN=C(N)N)C(=O)N[C@@H](CCCN=C(N)N)C(=O)O. The van der Waals surface area contributed by atoms with Crippen LogP contribution in [0.15, 0.2) is 80.9 Å². The lowest BCUT2D eigenvalue weighted by Crippen LogP contribution is -2.62. The molecular weight excluding hydrogens is 1450 g/mol. The van der Waals surface area contributed by atoms with Crippen molar-refractivity contribution in [2.75, 3.05) is 39.3 Å². The summed E-state index contributed by atoms with van der Waals surface area (Å²) in [5.74, 6) is -13.6. The Balaban J connectivity index is 1.58. The number of carboxylic acids is 1. The lowest BCUT2D eigenvalue weighted by molar-refractivity contribution is -0.142. The van der Waals surface area contributed by atoms with Gasteiger partial charge >= 0.3 is 5.97 Å². The van der Waals surface area contributed by atoms with Gasteiger partial charge in [-0.1, -0.05) is 64.1 Å². The van der Waals surface area contributed by atoms with Crippen molar-refractivity contribution in [1.82, 2.24) is 68.5 Å². The topological polar surface area (TPSA) is 719 Å². The number of rotatable bonds is 50. The molecule has 0 unspecified atom stereocenters. The quantitative estimate of drug-likeness (QED) is 0.0111. The van der Waals surface area contributed by atoms with Gasteiger partial charge in [-0.2, -0.15) is 0 Å². The lowest BCUT2D eigenvalue weighted by atomic mass is 10.00.